The van der Waals surface area contributed by atoms with E-state index in [0.717, 1.165) is 31.6 Å². The fourth-order valence-corrected chi connectivity index (χ4v) is 4.90. The predicted molar refractivity (Wildman–Crippen MR) is 144 cm³/mol. The van der Waals surface area contributed by atoms with Crippen molar-refractivity contribution in [3.8, 4) is 5.75 Å². The van der Waals surface area contributed by atoms with Crippen molar-refractivity contribution in [2.45, 2.75) is 38.7 Å². The first-order valence-electron chi connectivity index (χ1n) is 12.0. The summed E-state index contributed by atoms with van der Waals surface area (Å²) in [5, 5.41) is 15.6. The van der Waals surface area contributed by atoms with Crippen LogP contribution in [0.15, 0.2) is 42.5 Å². The minimum Gasteiger partial charge on any atom is -0.491 e. The summed E-state index contributed by atoms with van der Waals surface area (Å²) in [6.45, 7) is 7.59. The molecule has 0 aliphatic carbocycles. The summed E-state index contributed by atoms with van der Waals surface area (Å²) in [6, 6.07) is 13.0. The molecule has 1 amide bonds. The van der Waals surface area contributed by atoms with Crippen LogP contribution in [0.1, 0.15) is 32.3 Å². The van der Waals surface area contributed by atoms with E-state index in [1.54, 1.807) is 23.1 Å². The van der Waals surface area contributed by atoms with Gasteiger partial charge in [0.25, 0.3) is 0 Å². The van der Waals surface area contributed by atoms with Crippen LogP contribution in [0.3, 0.4) is 0 Å². The molecule has 1 aliphatic rings. The normalized spacial score (nSPS) is 20.1. The first kappa shape index (κ1) is 27.8. The van der Waals surface area contributed by atoms with Gasteiger partial charge in [0, 0.05) is 41.5 Å². The lowest BCUT2D eigenvalue weighted by atomic mass is 9.67. The number of nitrogens with zero attached hydrogens (tertiary/aromatic N) is 2. The monoisotopic (exact) mass is 521 g/mol. The van der Waals surface area contributed by atoms with E-state index in [1.165, 1.54) is 0 Å². The third-order valence-corrected chi connectivity index (χ3v) is 7.17. The molecule has 1 fully saturated rings. The molecule has 1 unspecified atom stereocenters. The van der Waals surface area contributed by atoms with E-state index in [2.05, 4.69) is 24.1 Å². The Labute approximate surface area is 219 Å². The lowest BCUT2D eigenvalue weighted by molar-refractivity contribution is -0.118. The molecule has 8 heteroatoms. The Balaban J connectivity index is 1.50. The highest BCUT2D eigenvalue weighted by atomic mass is 35.5. The van der Waals surface area contributed by atoms with Crippen molar-refractivity contribution in [1.29, 1.82) is 0 Å². The molecule has 2 N–H and O–H groups in total. The molecule has 192 valence electrons. The Hall–Kier alpha value is -1.83. The van der Waals surface area contributed by atoms with Gasteiger partial charge in [0.2, 0.25) is 5.91 Å². The number of amides is 1. The van der Waals surface area contributed by atoms with Crippen molar-refractivity contribution in [3.05, 3.63) is 58.1 Å². The summed E-state index contributed by atoms with van der Waals surface area (Å²) in [5.41, 5.74) is 0.654. The summed E-state index contributed by atoms with van der Waals surface area (Å²) < 4.78 is 6.00. The van der Waals surface area contributed by atoms with Gasteiger partial charge in [0.15, 0.2) is 0 Å². The number of piperidine rings is 1. The second kappa shape index (κ2) is 11.9. The van der Waals surface area contributed by atoms with Gasteiger partial charge < -0.3 is 25.0 Å². The summed E-state index contributed by atoms with van der Waals surface area (Å²) >= 11 is 12.1. The topological polar surface area (TPSA) is 65.0 Å². The average Bonchev–Trinajstić information content (AvgIpc) is 2.76. The van der Waals surface area contributed by atoms with Crippen LogP contribution in [0.25, 0.3) is 0 Å². The SMILES string of the molecule is CN(C)CC(=O)Nc1cc(Cl)ccc1OCCCN1CCC(O)(Cc2ccc(Cl)cc2)C(C)(C)C1. The van der Waals surface area contributed by atoms with Crippen LogP contribution in [0.5, 0.6) is 5.75 Å². The number of anilines is 1. The van der Waals surface area contributed by atoms with E-state index < -0.39 is 5.60 Å². The zero-order chi connectivity index (χ0) is 25.6. The first-order chi connectivity index (χ1) is 16.5. The van der Waals surface area contributed by atoms with Crippen molar-refractivity contribution in [2.24, 2.45) is 5.41 Å². The molecule has 0 spiro atoms. The van der Waals surface area contributed by atoms with Crippen LogP contribution in [0.4, 0.5) is 5.69 Å². The van der Waals surface area contributed by atoms with Crippen molar-refractivity contribution in [2.75, 3.05) is 52.2 Å². The maximum atomic E-state index is 12.2. The Bertz CT molecular complexity index is 998. The molecule has 0 radical (unpaired) electrons. The second-order valence-electron chi connectivity index (χ2n) is 10.4. The lowest BCUT2D eigenvalue weighted by Crippen LogP contribution is -2.58. The quantitative estimate of drug-likeness (QED) is 0.432. The first-order valence-corrected chi connectivity index (χ1v) is 12.8. The number of benzene rings is 2. The van der Waals surface area contributed by atoms with Crippen LogP contribution in [-0.2, 0) is 11.2 Å². The minimum absolute atomic E-state index is 0.122. The Morgan fingerprint density at radius 1 is 1.14 bits per heavy atom. The Morgan fingerprint density at radius 2 is 1.83 bits per heavy atom. The number of carbonyl (C=O) groups excluding carboxylic acids is 1. The summed E-state index contributed by atoms with van der Waals surface area (Å²) in [6.07, 6.45) is 2.16. The number of nitrogens with one attached hydrogen (secondary N) is 1. The van der Waals surface area contributed by atoms with Crippen LogP contribution < -0.4 is 10.1 Å². The van der Waals surface area contributed by atoms with Gasteiger partial charge >= 0.3 is 0 Å². The molecular weight excluding hydrogens is 485 g/mol. The second-order valence-corrected chi connectivity index (χ2v) is 11.2. The van der Waals surface area contributed by atoms with Gasteiger partial charge in [-0.05, 0) is 62.8 Å². The average molecular weight is 523 g/mol. The van der Waals surface area contributed by atoms with Gasteiger partial charge in [-0.2, -0.15) is 0 Å². The lowest BCUT2D eigenvalue weighted by Gasteiger charge is -2.50. The van der Waals surface area contributed by atoms with Gasteiger partial charge in [0.1, 0.15) is 5.75 Å². The molecule has 0 bridgehead atoms. The van der Waals surface area contributed by atoms with Gasteiger partial charge in [0.05, 0.1) is 24.4 Å². The third kappa shape index (κ3) is 7.83. The zero-order valence-electron chi connectivity index (χ0n) is 21.1. The van der Waals surface area contributed by atoms with Gasteiger partial charge in [-0.3, -0.25) is 4.79 Å². The van der Waals surface area contributed by atoms with E-state index >= 15 is 0 Å². The van der Waals surface area contributed by atoms with Crippen LogP contribution in [0, 0.1) is 5.41 Å². The van der Waals surface area contributed by atoms with Gasteiger partial charge in [-0.1, -0.05) is 49.2 Å². The van der Waals surface area contributed by atoms with E-state index in [1.807, 2.05) is 38.4 Å². The number of likely N-dealkylation sites (tertiary alicyclic amines) is 1. The summed E-state index contributed by atoms with van der Waals surface area (Å²) in [7, 11) is 3.69. The highest BCUT2D eigenvalue weighted by molar-refractivity contribution is 6.31. The number of hydrogen-bond acceptors (Lipinski definition) is 5. The molecule has 2 aromatic rings. The molecular formula is C27H37Cl2N3O3. The molecule has 1 aliphatic heterocycles. The fraction of sp³-hybridized carbons (Fsp3) is 0.519. The predicted octanol–water partition coefficient (Wildman–Crippen LogP) is 4.97. The standard InChI is InChI=1S/C27H37Cl2N3O3/c1-26(2)19-32(14-12-27(26,34)17-20-6-8-21(28)9-7-20)13-5-15-35-24-11-10-22(29)16-23(24)30-25(33)18-31(3)4/h6-11,16,34H,5,12-15,17-19H2,1-4H3,(H,30,33). The number of hydrogen-bond donors (Lipinski definition) is 2. The van der Waals surface area contributed by atoms with Crippen LogP contribution in [0.2, 0.25) is 10.0 Å². The smallest absolute Gasteiger partial charge is 0.238 e. The fourth-order valence-electron chi connectivity index (χ4n) is 4.60. The highest BCUT2D eigenvalue weighted by Gasteiger charge is 2.47. The number of carbonyl (C=O) groups is 1. The molecule has 35 heavy (non-hydrogen) atoms. The molecule has 2 aromatic carbocycles. The molecule has 1 atom stereocenters. The molecule has 6 nitrogen and oxygen atoms in total. The highest BCUT2D eigenvalue weighted by Crippen LogP contribution is 2.41. The Morgan fingerprint density at radius 3 is 2.49 bits per heavy atom. The molecule has 1 saturated heterocycles. The van der Waals surface area contributed by atoms with Gasteiger partial charge in [-0.15, -0.1) is 0 Å². The number of likely N-dealkylation sites (N-methyl/N-ethyl adjacent to an activating group) is 1. The van der Waals surface area contributed by atoms with Crippen molar-refractivity contribution in [1.82, 2.24) is 9.80 Å². The molecule has 1 heterocycles. The number of rotatable bonds is 10. The summed E-state index contributed by atoms with van der Waals surface area (Å²) in [5.74, 6) is 0.488. The largest absolute Gasteiger partial charge is 0.491 e. The Kier molecular flexibility index (Phi) is 9.47. The number of aliphatic hydroxyl groups is 1. The summed E-state index contributed by atoms with van der Waals surface area (Å²) in [4.78, 5) is 16.4. The van der Waals surface area contributed by atoms with Crippen molar-refractivity contribution >= 4 is 34.8 Å². The van der Waals surface area contributed by atoms with E-state index in [4.69, 9.17) is 27.9 Å². The zero-order valence-corrected chi connectivity index (χ0v) is 22.6. The maximum Gasteiger partial charge on any atom is 0.238 e. The molecule has 3 rings (SSSR count). The van der Waals surface area contributed by atoms with Gasteiger partial charge in [-0.25, -0.2) is 0 Å². The van der Waals surface area contributed by atoms with Crippen molar-refractivity contribution < 1.29 is 14.6 Å². The van der Waals surface area contributed by atoms with E-state index in [0.29, 0.717) is 40.9 Å². The van der Waals surface area contributed by atoms with Crippen molar-refractivity contribution in [3.63, 3.8) is 0 Å². The van der Waals surface area contributed by atoms with Crippen LogP contribution in [-0.4, -0.2) is 73.3 Å². The maximum absolute atomic E-state index is 12.2. The minimum atomic E-state index is -0.767. The van der Waals surface area contributed by atoms with E-state index in [9.17, 15) is 9.90 Å². The van der Waals surface area contributed by atoms with E-state index in [-0.39, 0.29) is 17.9 Å². The number of ether oxygens (including phenoxy) is 1. The van der Waals surface area contributed by atoms with Crippen LogP contribution >= 0.6 is 23.2 Å². The molecule has 0 aromatic heterocycles. The number of halogens is 2. The third-order valence-electron chi connectivity index (χ3n) is 6.68. The molecule has 0 saturated carbocycles.